The predicted molar refractivity (Wildman–Crippen MR) is 72.4 cm³/mol. The topological polar surface area (TPSA) is 30.3 Å². The van der Waals surface area contributed by atoms with Crippen LogP contribution in [0.2, 0.25) is 0 Å². The van der Waals surface area contributed by atoms with Gasteiger partial charge in [0.05, 0.1) is 0 Å². The van der Waals surface area contributed by atoms with E-state index in [1.807, 2.05) is 0 Å². The van der Waals surface area contributed by atoms with Gasteiger partial charge in [-0.25, -0.2) is 0 Å². The number of nitrogens with zero attached hydrogens (tertiary/aromatic N) is 2. The van der Waals surface area contributed by atoms with E-state index >= 15 is 0 Å². The maximum absolute atomic E-state index is 8.13. The van der Waals surface area contributed by atoms with Crippen molar-refractivity contribution in [2.75, 3.05) is 13.1 Å². The van der Waals surface area contributed by atoms with Crippen LogP contribution in [0.15, 0.2) is 0 Å². The zero-order chi connectivity index (χ0) is 13.9. The van der Waals surface area contributed by atoms with E-state index in [1.54, 1.807) is 0 Å². The van der Waals surface area contributed by atoms with Crippen LogP contribution in [-0.4, -0.2) is 39.9 Å². The van der Waals surface area contributed by atoms with Crippen molar-refractivity contribution in [1.29, 1.82) is 5.41 Å². The number of hydrogen-bond donors (Lipinski definition) is 1. The van der Waals surface area contributed by atoms with E-state index in [4.69, 9.17) is 24.0 Å². The molecule has 0 aromatic carbocycles. The standard InChI is InChI=1S/C11H23N3.2ClH.Ti/c1-10(2,3)13-7-8-14(9(13)12)11(4,5)6;;;/h12H,7-8H2,1-6H3;2*1H;/q;;;+2/p-2. The molecule has 0 saturated carbocycles. The summed E-state index contributed by atoms with van der Waals surface area (Å²) in [6.07, 6.45) is 0. The summed E-state index contributed by atoms with van der Waals surface area (Å²) in [5, 5.41) is 8.13. The second-order valence-corrected chi connectivity index (χ2v) is 8.62. The summed E-state index contributed by atoms with van der Waals surface area (Å²) in [6, 6.07) is 0. The Morgan fingerprint density at radius 1 is 0.941 bits per heavy atom. The van der Waals surface area contributed by atoms with Crippen LogP contribution >= 0.6 is 18.6 Å². The fraction of sp³-hybridized carbons (Fsp3) is 0.909. The third-order valence-electron chi connectivity index (χ3n) is 2.68. The molecule has 0 aliphatic carbocycles. The molecule has 6 heteroatoms. The van der Waals surface area contributed by atoms with Gasteiger partial charge in [0.25, 0.3) is 0 Å². The number of halogens is 2. The minimum atomic E-state index is -0.556. The molecule has 0 radical (unpaired) electrons. The van der Waals surface area contributed by atoms with Crippen molar-refractivity contribution in [1.82, 2.24) is 9.80 Å². The molecule has 1 fully saturated rings. The maximum atomic E-state index is 8.13. The molecule has 1 heterocycles. The van der Waals surface area contributed by atoms with Crippen LogP contribution in [0.25, 0.3) is 0 Å². The van der Waals surface area contributed by atoms with Gasteiger partial charge in [0.2, 0.25) is 0 Å². The number of hydrogen-bond acceptors (Lipinski definition) is 1. The van der Waals surface area contributed by atoms with Crippen LogP contribution in [0.5, 0.6) is 0 Å². The van der Waals surface area contributed by atoms with Crippen molar-refractivity contribution in [3.63, 3.8) is 0 Å². The molecule has 1 aliphatic heterocycles. The van der Waals surface area contributed by atoms with E-state index in [0.717, 1.165) is 13.1 Å². The normalized spacial score (nSPS) is 16.8. The Balaban J connectivity index is 0.000000770. The van der Waals surface area contributed by atoms with Crippen molar-refractivity contribution in [3.8, 4) is 0 Å². The van der Waals surface area contributed by atoms with E-state index in [1.165, 1.54) is 0 Å². The molecule has 100 valence electrons. The van der Waals surface area contributed by atoms with Crippen molar-refractivity contribution >= 4 is 24.6 Å². The molecule has 0 amide bonds. The molecule has 1 rings (SSSR count). The van der Waals surface area contributed by atoms with Gasteiger partial charge in [-0.15, -0.1) is 0 Å². The molecule has 3 nitrogen and oxygen atoms in total. The zero-order valence-corrected chi connectivity index (χ0v) is 14.6. The van der Waals surface area contributed by atoms with E-state index in [9.17, 15) is 0 Å². The summed E-state index contributed by atoms with van der Waals surface area (Å²) in [5.74, 6) is 0.671. The van der Waals surface area contributed by atoms with Gasteiger partial charge >= 0.3 is 35.6 Å². The van der Waals surface area contributed by atoms with E-state index < -0.39 is 17.0 Å². The van der Waals surface area contributed by atoms with Crippen LogP contribution in [-0.2, 0) is 17.0 Å². The van der Waals surface area contributed by atoms with Crippen LogP contribution in [0, 0.1) is 5.41 Å². The van der Waals surface area contributed by atoms with Gasteiger partial charge in [0.15, 0.2) is 5.96 Å². The average molecular weight is 316 g/mol. The number of nitrogens with one attached hydrogen (secondary N) is 1. The Morgan fingerprint density at radius 3 is 1.29 bits per heavy atom. The second-order valence-electron chi connectivity index (χ2n) is 6.04. The van der Waals surface area contributed by atoms with Gasteiger partial charge in [-0.3, -0.25) is 5.41 Å². The van der Waals surface area contributed by atoms with Gasteiger partial charge in [-0.05, 0) is 41.5 Å². The quantitative estimate of drug-likeness (QED) is 0.693. The van der Waals surface area contributed by atoms with Gasteiger partial charge < -0.3 is 9.80 Å². The second kappa shape index (κ2) is 6.65. The monoisotopic (exact) mass is 315 g/mol. The molecule has 0 aromatic heterocycles. The molecule has 0 bridgehead atoms. The third-order valence-corrected chi connectivity index (χ3v) is 2.68. The van der Waals surface area contributed by atoms with E-state index in [2.05, 4.69) is 51.3 Å². The van der Waals surface area contributed by atoms with Crippen LogP contribution in [0.1, 0.15) is 41.5 Å². The molecular formula is C11H23Cl2N3Ti. The summed E-state index contributed by atoms with van der Waals surface area (Å²) in [5.41, 5.74) is 0.133. The first-order valence-electron chi connectivity index (χ1n) is 5.65. The number of guanidine groups is 1. The van der Waals surface area contributed by atoms with Crippen molar-refractivity contribution in [3.05, 3.63) is 0 Å². The van der Waals surface area contributed by atoms with Gasteiger partial charge in [-0.1, -0.05) is 0 Å². The zero-order valence-electron chi connectivity index (χ0n) is 11.6. The predicted octanol–water partition coefficient (Wildman–Crippen LogP) is 3.51. The summed E-state index contributed by atoms with van der Waals surface area (Å²) in [7, 11) is 9.78. The summed E-state index contributed by atoms with van der Waals surface area (Å²) in [4.78, 5) is 4.33. The Bertz CT molecular complexity index is 234. The molecule has 0 unspecified atom stereocenters. The molecule has 1 saturated heterocycles. The third kappa shape index (κ3) is 5.38. The van der Waals surface area contributed by atoms with E-state index in [0.29, 0.717) is 5.96 Å². The van der Waals surface area contributed by atoms with Crippen LogP contribution in [0.4, 0.5) is 0 Å². The van der Waals surface area contributed by atoms with Gasteiger partial charge in [0, 0.05) is 24.2 Å². The van der Waals surface area contributed by atoms with Crippen LogP contribution < -0.4 is 0 Å². The Kier molecular flexibility index (Phi) is 6.87. The van der Waals surface area contributed by atoms with Crippen molar-refractivity contribution in [2.24, 2.45) is 0 Å². The SMILES string of the molecule is CC(C)(C)N1CCN(C(C)(C)C)C1=N.[Cl][Ti][Cl]. The Morgan fingerprint density at radius 2 is 1.18 bits per heavy atom. The Labute approximate surface area is 122 Å². The fourth-order valence-electron chi connectivity index (χ4n) is 1.86. The average Bonchev–Trinajstić information content (AvgIpc) is 2.46. The molecule has 1 aliphatic rings. The summed E-state index contributed by atoms with van der Waals surface area (Å²) in [6.45, 7) is 14.9. The van der Waals surface area contributed by atoms with E-state index in [-0.39, 0.29) is 11.1 Å². The molecule has 1 N–H and O–H groups in total. The summed E-state index contributed by atoms with van der Waals surface area (Å²) >= 11 is -0.556. The minimum absolute atomic E-state index is 0.0666. The molecule has 17 heavy (non-hydrogen) atoms. The van der Waals surface area contributed by atoms with Crippen molar-refractivity contribution < 1.29 is 17.0 Å². The first kappa shape index (κ1) is 17.6. The molecular weight excluding hydrogens is 293 g/mol. The Hall–Kier alpha value is 0.564. The molecule has 0 spiro atoms. The summed E-state index contributed by atoms with van der Waals surface area (Å²) < 4.78 is 0. The molecule has 0 atom stereocenters. The first-order chi connectivity index (χ1) is 7.55. The molecule has 0 aromatic rings. The van der Waals surface area contributed by atoms with Crippen LogP contribution in [0.3, 0.4) is 0 Å². The first-order valence-corrected chi connectivity index (χ1v) is 9.95. The van der Waals surface area contributed by atoms with Crippen molar-refractivity contribution in [2.45, 2.75) is 52.6 Å². The fourth-order valence-corrected chi connectivity index (χ4v) is 1.86. The number of rotatable bonds is 0. The van der Waals surface area contributed by atoms with Gasteiger partial charge in [0.1, 0.15) is 0 Å². The van der Waals surface area contributed by atoms with Gasteiger partial charge in [-0.2, -0.15) is 0 Å².